The third-order valence-electron chi connectivity index (χ3n) is 6.04. The number of likely N-dealkylation sites (tertiary alicyclic amines) is 1. The average molecular weight is 431 g/mol. The van der Waals surface area contributed by atoms with E-state index in [0.717, 1.165) is 84.2 Å². The van der Waals surface area contributed by atoms with E-state index < -0.39 is 0 Å². The molecule has 0 aliphatic carbocycles. The van der Waals surface area contributed by atoms with E-state index in [1.54, 1.807) is 7.05 Å². The van der Waals surface area contributed by atoms with Crippen molar-refractivity contribution >= 4 is 11.9 Å². The number of nitrogens with zero attached hydrogens (tertiary/aromatic N) is 2. The van der Waals surface area contributed by atoms with Crippen molar-refractivity contribution in [3.63, 3.8) is 0 Å². The van der Waals surface area contributed by atoms with Gasteiger partial charge in [-0.15, -0.1) is 0 Å². The summed E-state index contributed by atoms with van der Waals surface area (Å²) >= 11 is 0. The number of amides is 1. The molecule has 2 saturated heterocycles. The van der Waals surface area contributed by atoms with Crippen LogP contribution in [0.25, 0.3) is 0 Å². The van der Waals surface area contributed by atoms with E-state index in [-0.39, 0.29) is 5.91 Å². The van der Waals surface area contributed by atoms with Crippen molar-refractivity contribution in [3.8, 4) is 0 Å². The van der Waals surface area contributed by atoms with Crippen molar-refractivity contribution in [2.45, 2.75) is 32.1 Å². The van der Waals surface area contributed by atoms with Crippen LogP contribution in [0, 0.1) is 11.8 Å². The van der Waals surface area contributed by atoms with Crippen LogP contribution in [0.1, 0.15) is 31.2 Å². The second kappa shape index (κ2) is 13.3. The zero-order chi connectivity index (χ0) is 21.7. The molecule has 2 N–H and O–H groups in total. The van der Waals surface area contributed by atoms with Crippen LogP contribution in [0.15, 0.2) is 35.3 Å². The van der Waals surface area contributed by atoms with Gasteiger partial charge in [0.15, 0.2) is 5.96 Å². The molecule has 3 rings (SSSR count). The van der Waals surface area contributed by atoms with E-state index in [0.29, 0.717) is 18.3 Å². The summed E-state index contributed by atoms with van der Waals surface area (Å²) in [6.45, 7) is 6.52. The number of rotatable bonds is 11. The first-order chi connectivity index (χ1) is 15.2. The third kappa shape index (κ3) is 8.50. The molecule has 1 unspecified atom stereocenters. The van der Waals surface area contributed by atoms with Crippen LogP contribution < -0.4 is 10.6 Å². The van der Waals surface area contributed by atoms with Gasteiger partial charge in [-0.2, -0.15) is 0 Å². The third-order valence-corrected chi connectivity index (χ3v) is 6.04. The number of ether oxygens (including phenoxy) is 2. The fourth-order valence-electron chi connectivity index (χ4n) is 4.12. The molecule has 1 aromatic rings. The lowest BCUT2D eigenvalue weighted by Gasteiger charge is -2.21. The van der Waals surface area contributed by atoms with Crippen molar-refractivity contribution in [1.82, 2.24) is 15.5 Å². The van der Waals surface area contributed by atoms with Gasteiger partial charge in [0, 0.05) is 72.0 Å². The Morgan fingerprint density at radius 3 is 2.77 bits per heavy atom. The monoisotopic (exact) mass is 430 g/mol. The maximum atomic E-state index is 12.3. The largest absolute Gasteiger partial charge is 0.381 e. The molecule has 2 aliphatic rings. The smallest absolute Gasteiger partial charge is 0.223 e. The number of carbonyl (C=O) groups excluding carboxylic acids is 1. The molecule has 1 atom stereocenters. The van der Waals surface area contributed by atoms with Crippen LogP contribution in [-0.2, 0) is 20.7 Å². The van der Waals surface area contributed by atoms with Crippen molar-refractivity contribution in [2.24, 2.45) is 16.8 Å². The van der Waals surface area contributed by atoms with Crippen LogP contribution in [0.5, 0.6) is 0 Å². The molecule has 31 heavy (non-hydrogen) atoms. The Hall–Kier alpha value is -2.12. The van der Waals surface area contributed by atoms with Gasteiger partial charge >= 0.3 is 0 Å². The number of hydrogen-bond donors (Lipinski definition) is 2. The van der Waals surface area contributed by atoms with Gasteiger partial charge < -0.3 is 25.0 Å². The molecule has 1 aromatic carbocycles. The Balaban J connectivity index is 1.25. The van der Waals surface area contributed by atoms with Crippen LogP contribution in [0.2, 0.25) is 0 Å². The molecule has 2 heterocycles. The standard InChI is InChI=1S/C24H38N4O3/c1-25-24(26-11-5-13-31-19-21-9-14-30-15-10-21)27-17-22-16-23(29)28(18-22)12-8-20-6-3-2-4-7-20/h2-4,6-7,21-22H,5,8-19H2,1H3,(H2,25,26,27). The van der Waals surface area contributed by atoms with E-state index in [4.69, 9.17) is 9.47 Å². The second-order valence-corrected chi connectivity index (χ2v) is 8.51. The lowest BCUT2D eigenvalue weighted by Crippen LogP contribution is -2.41. The first-order valence-corrected chi connectivity index (χ1v) is 11.7. The summed E-state index contributed by atoms with van der Waals surface area (Å²) in [4.78, 5) is 18.6. The molecule has 0 spiro atoms. The lowest BCUT2D eigenvalue weighted by atomic mass is 10.0. The molecule has 7 heteroatoms. The number of hydrogen-bond acceptors (Lipinski definition) is 4. The Labute approximate surface area is 186 Å². The minimum absolute atomic E-state index is 0.257. The summed E-state index contributed by atoms with van der Waals surface area (Å²) in [5.74, 6) is 2.02. The van der Waals surface area contributed by atoms with Gasteiger partial charge in [0.25, 0.3) is 0 Å². The Morgan fingerprint density at radius 2 is 2.00 bits per heavy atom. The van der Waals surface area contributed by atoms with Crippen LogP contribution in [-0.4, -0.2) is 76.4 Å². The molecule has 1 amide bonds. The molecule has 2 aliphatic heterocycles. The van der Waals surface area contributed by atoms with Gasteiger partial charge in [-0.05, 0) is 37.2 Å². The zero-order valence-electron chi connectivity index (χ0n) is 18.9. The summed E-state index contributed by atoms with van der Waals surface area (Å²) in [6.07, 6.45) is 4.69. The van der Waals surface area contributed by atoms with Gasteiger partial charge in [0.1, 0.15) is 0 Å². The van der Waals surface area contributed by atoms with Gasteiger partial charge in [-0.3, -0.25) is 9.79 Å². The zero-order valence-corrected chi connectivity index (χ0v) is 18.9. The van der Waals surface area contributed by atoms with Crippen LogP contribution in [0.3, 0.4) is 0 Å². The molecule has 0 aromatic heterocycles. The van der Waals surface area contributed by atoms with Gasteiger partial charge in [0.05, 0.1) is 0 Å². The maximum Gasteiger partial charge on any atom is 0.223 e. The van der Waals surface area contributed by atoms with Crippen molar-refractivity contribution < 1.29 is 14.3 Å². The number of aliphatic imine (C=N–C) groups is 1. The Bertz CT molecular complexity index is 677. The normalized spacial score (nSPS) is 20.3. The predicted octanol–water partition coefficient (Wildman–Crippen LogP) is 2.08. The Kier molecular flexibility index (Phi) is 10.1. The number of benzene rings is 1. The fourth-order valence-corrected chi connectivity index (χ4v) is 4.12. The highest BCUT2D eigenvalue weighted by atomic mass is 16.5. The van der Waals surface area contributed by atoms with Crippen LogP contribution in [0.4, 0.5) is 0 Å². The van der Waals surface area contributed by atoms with Crippen molar-refractivity contribution in [1.29, 1.82) is 0 Å². The molecule has 0 saturated carbocycles. The molecule has 2 fully saturated rings. The summed E-state index contributed by atoms with van der Waals surface area (Å²) in [5, 5.41) is 6.72. The van der Waals surface area contributed by atoms with E-state index in [9.17, 15) is 4.79 Å². The van der Waals surface area contributed by atoms with Crippen molar-refractivity contribution in [2.75, 3.05) is 59.7 Å². The highest BCUT2D eigenvalue weighted by molar-refractivity contribution is 5.80. The van der Waals surface area contributed by atoms with E-state index >= 15 is 0 Å². The summed E-state index contributed by atoms with van der Waals surface area (Å²) in [5.41, 5.74) is 1.28. The molecule has 172 valence electrons. The first kappa shape index (κ1) is 23.5. The van der Waals surface area contributed by atoms with Gasteiger partial charge in [-0.1, -0.05) is 30.3 Å². The molecule has 0 bridgehead atoms. The SMILES string of the molecule is CN=C(NCCCOCC1CCOCC1)NCC1CC(=O)N(CCc2ccccc2)C1. The van der Waals surface area contributed by atoms with Crippen molar-refractivity contribution in [3.05, 3.63) is 35.9 Å². The second-order valence-electron chi connectivity index (χ2n) is 8.51. The van der Waals surface area contributed by atoms with Gasteiger partial charge in [-0.25, -0.2) is 0 Å². The molecule has 7 nitrogen and oxygen atoms in total. The number of carbonyl (C=O) groups is 1. The molecular formula is C24H38N4O3. The predicted molar refractivity (Wildman–Crippen MR) is 123 cm³/mol. The lowest BCUT2D eigenvalue weighted by molar-refractivity contribution is -0.127. The van der Waals surface area contributed by atoms with Crippen LogP contribution >= 0.6 is 0 Å². The maximum absolute atomic E-state index is 12.3. The first-order valence-electron chi connectivity index (χ1n) is 11.7. The highest BCUT2D eigenvalue weighted by Crippen LogP contribution is 2.18. The fraction of sp³-hybridized carbons (Fsp3) is 0.667. The minimum atomic E-state index is 0.257. The summed E-state index contributed by atoms with van der Waals surface area (Å²) in [7, 11) is 1.78. The summed E-state index contributed by atoms with van der Waals surface area (Å²) < 4.78 is 11.2. The molecule has 0 radical (unpaired) electrons. The van der Waals surface area contributed by atoms with Gasteiger partial charge in [0.2, 0.25) is 5.91 Å². The highest BCUT2D eigenvalue weighted by Gasteiger charge is 2.29. The molecular weight excluding hydrogens is 392 g/mol. The number of guanidine groups is 1. The van der Waals surface area contributed by atoms with E-state index in [2.05, 4.69) is 27.8 Å². The average Bonchev–Trinajstić information content (AvgIpc) is 3.17. The number of nitrogens with one attached hydrogen (secondary N) is 2. The minimum Gasteiger partial charge on any atom is -0.381 e. The summed E-state index contributed by atoms with van der Waals surface area (Å²) in [6, 6.07) is 10.3. The Morgan fingerprint density at radius 1 is 1.19 bits per heavy atom. The van der Waals surface area contributed by atoms with E-state index in [1.807, 2.05) is 23.1 Å². The topological polar surface area (TPSA) is 75.2 Å². The van der Waals surface area contributed by atoms with E-state index in [1.165, 1.54) is 5.56 Å². The quantitative estimate of drug-likeness (QED) is 0.319.